The predicted octanol–water partition coefficient (Wildman–Crippen LogP) is 1.64. The van der Waals surface area contributed by atoms with Crippen molar-refractivity contribution in [2.45, 2.75) is 24.3 Å². The van der Waals surface area contributed by atoms with Gasteiger partial charge in [0.05, 0.1) is 35.4 Å². The van der Waals surface area contributed by atoms with Gasteiger partial charge >= 0.3 is 0 Å². The number of rotatable bonds is 6. The van der Waals surface area contributed by atoms with Crippen LogP contribution in [-0.2, 0) is 24.7 Å². The van der Waals surface area contributed by atoms with Gasteiger partial charge in [0, 0.05) is 18.7 Å². The molecule has 1 aromatic carbocycles. The lowest BCUT2D eigenvalue weighted by molar-refractivity contribution is -0.0258. The number of nitrogens with zero attached hydrogens (tertiary/aromatic N) is 3. The average Bonchev–Trinajstić information content (AvgIpc) is 3.22. The van der Waals surface area contributed by atoms with Crippen LogP contribution in [0, 0.1) is 6.92 Å². The molecular formula is C17H21ClN4O6S2. The Morgan fingerprint density at radius 2 is 2.07 bits per heavy atom. The van der Waals surface area contributed by atoms with E-state index in [0.717, 1.165) is 6.07 Å². The van der Waals surface area contributed by atoms with E-state index >= 15 is 0 Å². The SMILES string of the molecule is CON(C)S(=O)(=O)c1cc(C(=O)Nc2cc(C)nn2C2CCS(=O)(=O)C2)ccc1Cl. The molecule has 10 nitrogen and oxygen atoms in total. The number of halogens is 1. The summed E-state index contributed by atoms with van der Waals surface area (Å²) in [5, 5.41) is 6.92. The number of aryl methyl sites for hydroxylation is 1. The molecule has 0 bridgehead atoms. The maximum absolute atomic E-state index is 12.8. The largest absolute Gasteiger partial charge is 0.307 e. The summed E-state index contributed by atoms with van der Waals surface area (Å²) < 4.78 is 50.8. The van der Waals surface area contributed by atoms with Gasteiger partial charge in [0.2, 0.25) is 0 Å². The number of amides is 1. The number of hydrogen-bond donors (Lipinski definition) is 1. The van der Waals surface area contributed by atoms with Crippen LogP contribution in [0.5, 0.6) is 0 Å². The Hall–Kier alpha value is -1.99. The molecule has 1 aliphatic heterocycles. The molecule has 0 saturated carbocycles. The zero-order valence-electron chi connectivity index (χ0n) is 16.5. The Morgan fingerprint density at radius 1 is 1.37 bits per heavy atom. The van der Waals surface area contributed by atoms with Gasteiger partial charge in [-0.3, -0.25) is 9.63 Å². The van der Waals surface area contributed by atoms with Crippen molar-refractivity contribution in [3.8, 4) is 0 Å². The van der Waals surface area contributed by atoms with Gasteiger partial charge in [-0.05, 0) is 31.5 Å². The van der Waals surface area contributed by atoms with E-state index in [9.17, 15) is 21.6 Å². The highest BCUT2D eigenvalue weighted by Crippen LogP contribution is 2.28. The van der Waals surface area contributed by atoms with Gasteiger partial charge < -0.3 is 5.32 Å². The van der Waals surface area contributed by atoms with E-state index in [4.69, 9.17) is 16.4 Å². The molecule has 13 heteroatoms. The lowest BCUT2D eigenvalue weighted by Gasteiger charge is -2.16. The van der Waals surface area contributed by atoms with Gasteiger partial charge in [0.15, 0.2) is 9.84 Å². The molecule has 1 aliphatic rings. The molecule has 1 amide bonds. The first-order valence-corrected chi connectivity index (χ1v) is 12.5. The molecule has 1 fully saturated rings. The maximum Gasteiger partial charge on any atom is 0.266 e. The number of carbonyl (C=O) groups excluding carboxylic acids is 1. The van der Waals surface area contributed by atoms with Crippen molar-refractivity contribution in [1.82, 2.24) is 14.2 Å². The molecule has 3 rings (SSSR count). The first kappa shape index (κ1) is 22.7. The van der Waals surface area contributed by atoms with Crippen molar-refractivity contribution in [2.24, 2.45) is 0 Å². The number of carbonyl (C=O) groups is 1. The number of hydroxylamine groups is 1. The van der Waals surface area contributed by atoms with E-state index in [1.54, 1.807) is 13.0 Å². The molecule has 1 N–H and O–H groups in total. The van der Waals surface area contributed by atoms with Crippen molar-refractivity contribution >= 4 is 43.2 Å². The number of anilines is 1. The summed E-state index contributed by atoms with van der Waals surface area (Å²) in [6.07, 6.45) is 0.402. The summed E-state index contributed by atoms with van der Waals surface area (Å²) in [5.74, 6) is -0.253. The van der Waals surface area contributed by atoms with E-state index in [1.807, 2.05) is 0 Å². The summed E-state index contributed by atoms with van der Waals surface area (Å²) in [5.41, 5.74) is 0.655. The van der Waals surface area contributed by atoms with Crippen LogP contribution in [0.25, 0.3) is 0 Å². The monoisotopic (exact) mass is 476 g/mol. The molecule has 2 aromatic rings. The topological polar surface area (TPSA) is 128 Å². The van der Waals surface area contributed by atoms with Gasteiger partial charge in [0.25, 0.3) is 15.9 Å². The maximum atomic E-state index is 12.8. The fourth-order valence-corrected chi connectivity index (χ4v) is 6.29. The third-order valence-corrected chi connectivity index (χ3v) is 8.63. The van der Waals surface area contributed by atoms with Crippen molar-refractivity contribution in [2.75, 3.05) is 31.0 Å². The smallest absolute Gasteiger partial charge is 0.266 e. The number of nitrogens with one attached hydrogen (secondary N) is 1. The molecule has 30 heavy (non-hydrogen) atoms. The molecular weight excluding hydrogens is 456 g/mol. The third-order valence-electron chi connectivity index (χ3n) is 4.72. The Morgan fingerprint density at radius 3 is 2.67 bits per heavy atom. The highest BCUT2D eigenvalue weighted by atomic mass is 35.5. The predicted molar refractivity (Wildman–Crippen MR) is 111 cm³/mol. The van der Waals surface area contributed by atoms with Gasteiger partial charge in [-0.15, -0.1) is 0 Å². The van der Waals surface area contributed by atoms with Crippen LogP contribution in [0.2, 0.25) is 5.02 Å². The van der Waals surface area contributed by atoms with Crippen LogP contribution in [0.4, 0.5) is 5.82 Å². The van der Waals surface area contributed by atoms with Crippen molar-refractivity contribution in [3.05, 3.63) is 40.5 Å². The van der Waals surface area contributed by atoms with Crippen LogP contribution in [0.1, 0.15) is 28.5 Å². The minimum Gasteiger partial charge on any atom is -0.307 e. The summed E-state index contributed by atoms with van der Waals surface area (Å²) in [6.45, 7) is 1.73. The Bertz CT molecular complexity index is 1190. The third kappa shape index (κ3) is 4.52. The summed E-state index contributed by atoms with van der Waals surface area (Å²) in [6, 6.07) is 5.08. The first-order valence-electron chi connectivity index (χ1n) is 8.85. The molecule has 1 saturated heterocycles. The average molecular weight is 477 g/mol. The molecule has 1 aromatic heterocycles. The Labute approximate surface area is 179 Å². The highest BCUT2D eigenvalue weighted by molar-refractivity contribution is 7.91. The number of sulfonamides is 1. The Kier molecular flexibility index (Phi) is 6.25. The van der Waals surface area contributed by atoms with Crippen LogP contribution in [0.15, 0.2) is 29.2 Å². The second-order valence-electron chi connectivity index (χ2n) is 6.87. The minimum atomic E-state index is -4.06. The van der Waals surface area contributed by atoms with E-state index in [1.165, 1.54) is 31.0 Å². The second kappa shape index (κ2) is 8.27. The zero-order chi connectivity index (χ0) is 22.3. The van der Waals surface area contributed by atoms with Crippen LogP contribution < -0.4 is 5.32 Å². The molecule has 0 spiro atoms. The molecule has 2 heterocycles. The van der Waals surface area contributed by atoms with Crippen LogP contribution in [-0.4, -0.2) is 62.7 Å². The fraction of sp³-hybridized carbons (Fsp3) is 0.412. The van der Waals surface area contributed by atoms with Crippen LogP contribution in [0.3, 0.4) is 0 Å². The summed E-state index contributed by atoms with van der Waals surface area (Å²) in [7, 11) is -4.81. The van der Waals surface area contributed by atoms with Crippen LogP contribution >= 0.6 is 11.6 Å². The molecule has 1 atom stereocenters. The van der Waals surface area contributed by atoms with Crippen molar-refractivity contribution in [3.63, 3.8) is 0 Å². The lowest BCUT2D eigenvalue weighted by atomic mass is 10.2. The highest BCUT2D eigenvalue weighted by Gasteiger charge is 2.31. The van der Waals surface area contributed by atoms with Gasteiger partial charge in [-0.1, -0.05) is 16.1 Å². The van der Waals surface area contributed by atoms with Crippen molar-refractivity contribution < 1.29 is 26.5 Å². The minimum absolute atomic E-state index is 0.0481. The molecule has 0 aliphatic carbocycles. The van der Waals surface area contributed by atoms with Gasteiger partial charge in [-0.2, -0.15) is 5.10 Å². The number of hydrogen-bond acceptors (Lipinski definition) is 7. The molecule has 164 valence electrons. The zero-order valence-corrected chi connectivity index (χ0v) is 18.9. The molecule has 1 unspecified atom stereocenters. The quantitative estimate of drug-likeness (QED) is 0.627. The van der Waals surface area contributed by atoms with Crippen molar-refractivity contribution in [1.29, 1.82) is 0 Å². The second-order valence-corrected chi connectivity index (χ2v) is 11.4. The standard InChI is InChI=1S/C17H21ClN4O6S2/c1-11-8-16(22(20-11)13-6-7-29(24,25)10-13)19-17(23)12-4-5-14(18)15(9-12)30(26,27)21(2)28-3/h4-5,8-9,13H,6-7,10H2,1-3H3,(H,19,23). The van der Waals surface area contributed by atoms with E-state index < -0.39 is 25.8 Å². The van der Waals surface area contributed by atoms with E-state index in [-0.39, 0.29) is 33.0 Å². The molecule has 0 radical (unpaired) electrons. The van der Waals surface area contributed by atoms with E-state index in [2.05, 4.69) is 10.4 Å². The Balaban J connectivity index is 1.90. The first-order chi connectivity index (χ1) is 13.9. The number of sulfone groups is 1. The number of aromatic nitrogens is 2. The lowest BCUT2D eigenvalue weighted by Crippen LogP contribution is -2.26. The van der Waals surface area contributed by atoms with E-state index in [0.29, 0.717) is 22.4 Å². The fourth-order valence-electron chi connectivity index (χ4n) is 3.12. The normalized spacial score (nSPS) is 18.6. The number of benzene rings is 1. The summed E-state index contributed by atoms with van der Waals surface area (Å²) >= 11 is 6.02. The van der Waals surface area contributed by atoms with Gasteiger partial charge in [-0.25, -0.2) is 21.5 Å². The van der Waals surface area contributed by atoms with Gasteiger partial charge in [0.1, 0.15) is 10.7 Å². The summed E-state index contributed by atoms with van der Waals surface area (Å²) in [4.78, 5) is 17.2.